The number of fused-ring (bicyclic) bond motifs is 1. The van der Waals surface area contributed by atoms with E-state index in [-0.39, 0.29) is 24.9 Å². The molecule has 3 aromatic rings. The predicted octanol–water partition coefficient (Wildman–Crippen LogP) is 4.18. The molecular weight excluding hydrogens is 447 g/mol. The molecule has 1 saturated carbocycles. The van der Waals surface area contributed by atoms with E-state index >= 15 is 0 Å². The van der Waals surface area contributed by atoms with Gasteiger partial charge < -0.3 is 9.64 Å². The second-order valence-corrected chi connectivity index (χ2v) is 9.32. The highest BCUT2D eigenvalue weighted by Crippen LogP contribution is 2.43. The van der Waals surface area contributed by atoms with Crippen molar-refractivity contribution in [1.82, 2.24) is 29.7 Å². The van der Waals surface area contributed by atoms with Crippen LogP contribution in [0.3, 0.4) is 0 Å². The molecule has 11 heteroatoms. The van der Waals surface area contributed by atoms with Gasteiger partial charge in [0.15, 0.2) is 5.65 Å². The van der Waals surface area contributed by atoms with E-state index in [1.165, 1.54) is 0 Å². The van der Waals surface area contributed by atoms with Crippen molar-refractivity contribution >= 4 is 17.1 Å². The highest BCUT2D eigenvalue weighted by atomic mass is 19.4. The first kappa shape index (κ1) is 22.9. The van der Waals surface area contributed by atoms with Gasteiger partial charge in [-0.2, -0.15) is 23.3 Å². The normalized spacial score (nSPS) is 24.1. The molecule has 0 bridgehead atoms. The summed E-state index contributed by atoms with van der Waals surface area (Å²) in [6.45, 7) is 5.42. The summed E-state index contributed by atoms with van der Waals surface area (Å²) in [5.41, 5.74) is 4.33. The molecule has 1 atom stereocenters. The summed E-state index contributed by atoms with van der Waals surface area (Å²) >= 11 is 0. The van der Waals surface area contributed by atoms with Gasteiger partial charge in [-0.1, -0.05) is 0 Å². The van der Waals surface area contributed by atoms with Gasteiger partial charge in [0.25, 0.3) is 0 Å². The zero-order valence-corrected chi connectivity index (χ0v) is 19.5. The Bertz CT molecular complexity index is 1190. The molecule has 0 amide bonds. The van der Waals surface area contributed by atoms with Crippen LogP contribution in [0.15, 0.2) is 12.4 Å². The predicted molar refractivity (Wildman–Crippen MR) is 119 cm³/mol. The summed E-state index contributed by atoms with van der Waals surface area (Å²) in [6.07, 6.45) is 0.458. The SMILES string of the molecule is Cc1nc2nc(N3CCO[C@@H](c4cnn(C)c4)C3)nc([C@H]3CC[C@H](C(F)(F)F)CC3)c2nc1C. The Labute approximate surface area is 195 Å². The van der Waals surface area contributed by atoms with E-state index < -0.39 is 12.1 Å². The molecule has 0 N–H and O–H groups in total. The first-order valence-corrected chi connectivity index (χ1v) is 11.6. The van der Waals surface area contributed by atoms with E-state index in [0.717, 1.165) is 17.0 Å². The van der Waals surface area contributed by atoms with Crippen molar-refractivity contribution in [2.24, 2.45) is 13.0 Å². The summed E-state index contributed by atoms with van der Waals surface area (Å²) in [6, 6.07) is 0. The molecule has 2 fully saturated rings. The third-order valence-corrected chi connectivity index (χ3v) is 6.98. The van der Waals surface area contributed by atoms with E-state index in [9.17, 15) is 13.2 Å². The zero-order valence-electron chi connectivity index (χ0n) is 19.5. The van der Waals surface area contributed by atoms with Gasteiger partial charge in [0.2, 0.25) is 5.95 Å². The lowest BCUT2D eigenvalue weighted by Gasteiger charge is -2.34. The average Bonchev–Trinajstić information content (AvgIpc) is 3.25. The van der Waals surface area contributed by atoms with Gasteiger partial charge in [0.05, 0.1) is 42.3 Å². The summed E-state index contributed by atoms with van der Waals surface area (Å²) in [5.74, 6) is -0.824. The minimum Gasteiger partial charge on any atom is -0.370 e. The molecule has 8 nitrogen and oxygen atoms in total. The average molecular weight is 476 g/mol. The number of alkyl halides is 3. The number of morpholine rings is 1. The number of hydrogen-bond donors (Lipinski definition) is 0. The molecule has 0 aromatic carbocycles. The Morgan fingerprint density at radius 1 is 1.00 bits per heavy atom. The van der Waals surface area contributed by atoms with Gasteiger partial charge in [0.1, 0.15) is 11.6 Å². The van der Waals surface area contributed by atoms with E-state index in [0.29, 0.717) is 55.3 Å². The van der Waals surface area contributed by atoms with Gasteiger partial charge in [0, 0.05) is 31.3 Å². The molecular formula is C23H28F3N7O. The van der Waals surface area contributed by atoms with E-state index in [1.807, 2.05) is 27.1 Å². The summed E-state index contributed by atoms with van der Waals surface area (Å²) in [5, 5.41) is 4.24. The molecule has 4 heterocycles. The number of ether oxygens (including phenoxy) is 1. The molecule has 0 unspecified atom stereocenters. The lowest BCUT2D eigenvalue weighted by molar-refractivity contribution is -0.182. The van der Waals surface area contributed by atoms with E-state index in [2.05, 4.69) is 15.0 Å². The van der Waals surface area contributed by atoms with Crippen LogP contribution in [-0.2, 0) is 11.8 Å². The zero-order chi connectivity index (χ0) is 24.0. The Hall–Kier alpha value is -2.82. The second-order valence-electron chi connectivity index (χ2n) is 9.32. The maximum absolute atomic E-state index is 13.2. The standard InChI is InChI=1S/C23H28F3N7O/c1-13-14(2)29-21-20(28-13)19(15-4-6-17(7-5-15)23(24,25)26)30-22(31-21)33-8-9-34-18(12-33)16-10-27-32(3)11-16/h10-11,15,17-18H,4-9,12H2,1-3H3/t15-,17-,18-/m1/s1. The van der Waals surface area contributed by atoms with Crippen molar-refractivity contribution in [1.29, 1.82) is 0 Å². The van der Waals surface area contributed by atoms with Gasteiger partial charge in [-0.15, -0.1) is 0 Å². The lowest BCUT2D eigenvalue weighted by Crippen LogP contribution is -2.39. The Balaban J connectivity index is 1.49. The molecule has 3 aromatic heterocycles. The molecule has 5 rings (SSSR count). The molecule has 1 aliphatic heterocycles. The maximum atomic E-state index is 13.2. The van der Waals surface area contributed by atoms with Crippen molar-refractivity contribution in [3.8, 4) is 0 Å². The van der Waals surface area contributed by atoms with Crippen LogP contribution < -0.4 is 4.90 Å². The third kappa shape index (κ3) is 4.45. The first-order valence-electron chi connectivity index (χ1n) is 11.6. The number of aromatic nitrogens is 6. The molecule has 2 aliphatic rings. The molecule has 34 heavy (non-hydrogen) atoms. The van der Waals surface area contributed by atoms with Crippen LogP contribution in [0.1, 0.15) is 60.4 Å². The van der Waals surface area contributed by atoms with Crippen molar-refractivity contribution in [3.05, 3.63) is 35.0 Å². The Kier molecular flexibility index (Phi) is 5.91. The molecule has 0 spiro atoms. The van der Waals surface area contributed by atoms with Crippen LogP contribution in [-0.4, -0.2) is 55.6 Å². The van der Waals surface area contributed by atoms with Crippen LogP contribution in [0.2, 0.25) is 0 Å². The molecule has 0 radical (unpaired) electrons. The molecule has 1 aliphatic carbocycles. The van der Waals surface area contributed by atoms with E-state index in [1.54, 1.807) is 10.9 Å². The number of halogens is 3. The first-order chi connectivity index (χ1) is 16.2. The Morgan fingerprint density at radius 3 is 2.41 bits per heavy atom. The fraction of sp³-hybridized carbons (Fsp3) is 0.609. The smallest absolute Gasteiger partial charge is 0.370 e. The van der Waals surface area contributed by atoms with Crippen LogP contribution >= 0.6 is 0 Å². The third-order valence-electron chi connectivity index (χ3n) is 6.98. The lowest BCUT2D eigenvalue weighted by atomic mass is 9.80. The quantitative estimate of drug-likeness (QED) is 0.562. The summed E-state index contributed by atoms with van der Waals surface area (Å²) in [7, 11) is 1.86. The number of nitrogens with zero attached hydrogens (tertiary/aromatic N) is 7. The molecule has 182 valence electrons. The van der Waals surface area contributed by atoms with Crippen LogP contribution in [0.25, 0.3) is 11.2 Å². The highest BCUT2D eigenvalue weighted by Gasteiger charge is 2.42. The van der Waals surface area contributed by atoms with Gasteiger partial charge in [-0.05, 0) is 39.5 Å². The number of hydrogen-bond acceptors (Lipinski definition) is 7. The Morgan fingerprint density at radius 2 is 1.74 bits per heavy atom. The number of aryl methyl sites for hydroxylation is 3. The number of rotatable bonds is 3. The number of anilines is 1. The second kappa shape index (κ2) is 8.75. The summed E-state index contributed by atoms with van der Waals surface area (Å²) < 4.78 is 47.4. The minimum atomic E-state index is -4.15. The van der Waals surface area contributed by atoms with Crippen LogP contribution in [0.4, 0.5) is 19.1 Å². The highest BCUT2D eigenvalue weighted by molar-refractivity contribution is 5.75. The van der Waals surface area contributed by atoms with Crippen molar-refractivity contribution in [2.45, 2.75) is 57.7 Å². The fourth-order valence-corrected chi connectivity index (χ4v) is 4.88. The fourth-order valence-electron chi connectivity index (χ4n) is 4.88. The van der Waals surface area contributed by atoms with Crippen LogP contribution in [0.5, 0.6) is 0 Å². The summed E-state index contributed by atoms with van der Waals surface area (Å²) in [4.78, 5) is 21.0. The van der Waals surface area contributed by atoms with Crippen LogP contribution in [0, 0.1) is 19.8 Å². The van der Waals surface area contributed by atoms with Gasteiger partial charge in [-0.25, -0.2) is 15.0 Å². The van der Waals surface area contributed by atoms with Crippen molar-refractivity contribution < 1.29 is 17.9 Å². The van der Waals surface area contributed by atoms with Gasteiger partial charge in [-0.3, -0.25) is 4.68 Å². The van der Waals surface area contributed by atoms with Crippen molar-refractivity contribution in [2.75, 3.05) is 24.6 Å². The largest absolute Gasteiger partial charge is 0.391 e. The molecule has 1 saturated heterocycles. The van der Waals surface area contributed by atoms with Crippen molar-refractivity contribution in [3.63, 3.8) is 0 Å². The maximum Gasteiger partial charge on any atom is 0.391 e. The monoisotopic (exact) mass is 475 g/mol. The van der Waals surface area contributed by atoms with Gasteiger partial charge >= 0.3 is 6.18 Å². The van der Waals surface area contributed by atoms with E-state index in [4.69, 9.17) is 19.7 Å². The topological polar surface area (TPSA) is 81.9 Å². The minimum absolute atomic E-state index is 0.102.